The van der Waals surface area contributed by atoms with E-state index in [0.29, 0.717) is 23.1 Å². The first kappa shape index (κ1) is 17.2. The average molecular weight is 298 g/mol. The molecule has 0 saturated carbocycles. The lowest BCUT2D eigenvalue weighted by Crippen LogP contribution is -2.43. The minimum atomic E-state index is -0.175. The number of rotatable bonds is 8. The van der Waals surface area contributed by atoms with Gasteiger partial charge < -0.3 is 4.74 Å². The van der Waals surface area contributed by atoms with Crippen molar-refractivity contribution >= 4 is 17.4 Å². The Bertz CT molecular complexity index is 434. The van der Waals surface area contributed by atoms with Gasteiger partial charge in [0.1, 0.15) is 0 Å². The van der Waals surface area contributed by atoms with Crippen LogP contribution in [0.15, 0.2) is 24.3 Å². The van der Waals surface area contributed by atoms with Crippen LogP contribution in [0.5, 0.6) is 0 Å². The van der Waals surface area contributed by atoms with Crippen molar-refractivity contribution in [2.75, 3.05) is 26.8 Å². The first-order valence-corrected chi connectivity index (χ1v) is 7.36. The summed E-state index contributed by atoms with van der Waals surface area (Å²) in [6.07, 6.45) is 0. The van der Waals surface area contributed by atoms with Crippen LogP contribution < -0.4 is 0 Å². The number of hydrogen-bond donors (Lipinski definition) is 0. The number of carbonyl (C=O) groups excluding carboxylic acids is 1. The third-order valence-electron chi connectivity index (χ3n) is 3.22. The Labute approximate surface area is 126 Å². The lowest BCUT2D eigenvalue weighted by atomic mass is 10.0. The maximum atomic E-state index is 12.5. The Morgan fingerprint density at radius 3 is 2.60 bits per heavy atom. The fourth-order valence-corrected chi connectivity index (χ4v) is 2.36. The quantitative estimate of drug-likeness (QED) is 0.688. The van der Waals surface area contributed by atoms with Gasteiger partial charge in [0.15, 0.2) is 5.78 Å². The summed E-state index contributed by atoms with van der Waals surface area (Å²) in [5.41, 5.74) is 0.663. The minimum absolute atomic E-state index is 0.101. The number of carbonyl (C=O) groups is 1. The van der Waals surface area contributed by atoms with Crippen molar-refractivity contribution in [1.82, 2.24) is 4.90 Å². The summed E-state index contributed by atoms with van der Waals surface area (Å²) in [6.45, 7) is 8.49. The topological polar surface area (TPSA) is 29.5 Å². The second-order valence-corrected chi connectivity index (χ2v) is 5.87. The monoisotopic (exact) mass is 297 g/mol. The maximum absolute atomic E-state index is 12.5. The van der Waals surface area contributed by atoms with Gasteiger partial charge in [-0.05, 0) is 25.0 Å². The molecule has 0 radical (unpaired) electrons. The standard InChI is InChI=1S/C16H24ClNO2/c1-12(2)11-18(8-9-20-4)13(3)16(19)14-6-5-7-15(17)10-14/h5-7,10,12-13H,8-9,11H2,1-4H3. The van der Waals surface area contributed by atoms with Crippen LogP contribution >= 0.6 is 11.6 Å². The Hall–Kier alpha value is -0.900. The highest BCUT2D eigenvalue weighted by Gasteiger charge is 2.23. The summed E-state index contributed by atoms with van der Waals surface area (Å²) in [6, 6.07) is 6.95. The van der Waals surface area contributed by atoms with Gasteiger partial charge in [-0.15, -0.1) is 0 Å². The van der Waals surface area contributed by atoms with E-state index in [1.807, 2.05) is 19.1 Å². The molecular formula is C16H24ClNO2. The molecule has 1 unspecified atom stereocenters. The van der Waals surface area contributed by atoms with Crippen LogP contribution in [0.4, 0.5) is 0 Å². The fraction of sp³-hybridized carbons (Fsp3) is 0.562. The van der Waals surface area contributed by atoms with E-state index in [4.69, 9.17) is 16.3 Å². The number of ketones is 1. The molecule has 4 heteroatoms. The molecular weight excluding hydrogens is 274 g/mol. The Kier molecular flexibility index (Phi) is 7.20. The summed E-state index contributed by atoms with van der Waals surface area (Å²) in [7, 11) is 1.68. The molecule has 1 aromatic carbocycles. The van der Waals surface area contributed by atoms with Crippen molar-refractivity contribution in [3.63, 3.8) is 0 Å². The molecule has 0 aliphatic heterocycles. The van der Waals surface area contributed by atoms with Crippen molar-refractivity contribution in [1.29, 1.82) is 0 Å². The summed E-state index contributed by atoms with van der Waals surface area (Å²) in [4.78, 5) is 14.7. The number of methoxy groups -OCH3 is 1. The van der Waals surface area contributed by atoms with Crippen molar-refractivity contribution in [3.8, 4) is 0 Å². The lowest BCUT2D eigenvalue weighted by Gasteiger charge is -2.29. The number of Topliss-reactive ketones (excluding diaryl/α,β-unsaturated/α-hetero) is 1. The molecule has 0 N–H and O–H groups in total. The molecule has 0 spiro atoms. The number of nitrogens with zero attached hydrogens (tertiary/aromatic N) is 1. The molecule has 0 saturated heterocycles. The van der Waals surface area contributed by atoms with Gasteiger partial charge in [0.05, 0.1) is 12.6 Å². The molecule has 1 atom stereocenters. The van der Waals surface area contributed by atoms with Crippen molar-refractivity contribution in [3.05, 3.63) is 34.9 Å². The molecule has 0 bridgehead atoms. The highest BCUT2D eigenvalue weighted by molar-refractivity contribution is 6.31. The molecule has 0 amide bonds. The Morgan fingerprint density at radius 2 is 2.05 bits per heavy atom. The molecule has 20 heavy (non-hydrogen) atoms. The van der Waals surface area contributed by atoms with Gasteiger partial charge in [0.2, 0.25) is 0 Å². The van der Waals surface area contributed by atoms with Crippen LogP contribution in [0.2, 0.25) is 5.02 Å². The SMILES string of the molecule is COCCN(CC(C)C)C(C)C(=O)c1cccc(Cl)c1. The molecule has 112 valence electrons. The van der Waals surface area contributed by atoms with E-state index >= 15 is 0 Å². The number of ether oxygens (including phenoxy) is 1. The van der Waals surface area contributed by atoms with Crippen LogP contribution in [0.25, 0.3) is 0 Å². The average Bonchev–Trinajstić information content (AvgIpc) is 2.41. The third-order valence-corrected chi connectivity index (χ3v) is 3.45. The van der Waals surface area contributed by atoms with Crippen molar-refractivity contribution < 1.29 is 9.53 Å². The van der Waals surface area contributed by atoms with Gasteiger partial charge >= 0.3 is 0 Å². The predicted molar refractivity (Wildman–Crippen MR) is 83.5 cm³/mol. The van der Waals surface area contributed by atoms with E-state index in [1.54, 1.807) is 19.2 Å². The van der Waals surface area contributed by atoms with Gasteiger partial charge in [0, 0.05) is 30.8 Å². The lowest BCUT2D eigenvalue weighted by molar-refractivity contribution is 0.0750. The second kappa shape index (κ2) is 8.40. The van der Waals surface area contributed by atoms with Crippen LogP contribution in [-0.2, 0) is 4.74 Å². The summed E-state index contributed by atoms with van der Waals surface area (Å²) >= 11 is 5.96. The number of hydrogen-bond acceptors (Lipinski definition) is 3. The van der Waals surface area contributed by atoms with E-state index in [9.17, 15) is 4.79 Å². The van der Waals surface area contributed by atoms with Gasteiger partial charge in [-0.3, -0.25) is 9.69 Å². The van der Waals surface area contributed by atoms with Crippen molar-refractivity contribution in [2.45, 2.75) is 26.8 Å². The fourth-order valence-electron chi connectivity index (χ4n) is 2.17. The van der Waals surface area contributed by atoms with E-state index in [1.165, 1.54) is 0 Å². The Balaban J connectivity index is 2.81. The predicted octanol–water partition coefficient (Wildman–Crippen LogP) is 3.52. The molecule has 0 heterocycles. The van der Waals surface area contributed by atoms with E-state index in [-0.39, 0.29) is 11.8 Å². The zero-order valence-electron chi connectivity index (χ0n) is 12.7. The van der Waals surface area contributed by atoms with Crippen LogP contribution in [0.3, 0.4) is 0 Å². The minimum Gasteiger partial charge on any atom is -0.383 e. The molecule has 1 rings (SSSR count). The number of benzene rings is 1. The van der Waals surface area contributed by atoms with E-state index in [0.717, 1.165) is 13.1 Å². The highest BCUT2D eigenvalue weighted by atomic mass is 35.5. The smallest absolute Gasteiger partial charge is 0.179 e. The molecule has 1 aromatic rings. The highest BCUT2D eigenvalue weighted by Crippen LogP contribution is 2.15. The van der Waals surface area contributed by atoms with Crippen LogP contribution in [-0.4, -0.2) is 43.5 Å². The first-order chi connectivity index (χ1) is 9.45. The van der Waals surface area contributed by atoms with E-state index < -0.39 is 0 Å². The molecule has 0 aliphatic carbocycles. The summed E-state index contributed by atoms with van der Waals surface area (Å²) in [5.74, 6) is 0.603. The first-order valence-electron chi connectivity index (χ1n) is 6.98. The zero-order chi connectivity index (χ0) is 15.1. The zero-order valence-corrected chi connectivity index (χ0v) is 13.5. The Morgan fingerprint density at radius 1 is 1.35 bits per heavy atom. The van der Waals surface area contributed by atoms with E-state index in [2.05, 4.69) is 18.7 Å². The van der Waals surface area contributed by atoms with Gasteiger partial charge in [-0.25, -0.2) is 0 Å². The van der Waals surface area contributed by atoms with Gasteiger partial charge in [0.25, 0.3) is 0 Å². The third kappa shape index (κ3) is 5.23. The molecule has 3 nitrogen and oxygen atoms in total. The number of halogens is 1. The van der Waals surface area contributed by atoms with Crippen molar-refractivity contribution in [2.24, 2.45) is 5.92 Å². The van der Waals surface area contributed by atoms with Crippen LogP contribution in [0, 0.1) is 5.92 Å². The van der Waals surface area contributed by atoms with Gasteiger partial charge in [-0.2, -0.15) is 0 Å². The molecule has 0 fully saturated rings. The van der Waals surface area contributed by atoms with Crippen LogP contribution in [0.1, 0.15) is 31.1 Å². The molecule has 0 aromatic heterocycles. The van der Waals surface area contributed by atoms with Gasteiger partial charge in [-0.1, -0.05) is 37.6 Å². The largest absolute Gasteiger partial charge is 0.383 e. The molecule has 0 aliphatic rings. The second-order valence-electron chi connectivity index (χ2n) is 5.43. The normalized spacial score (nSPS) is 12.9. The summed E-state index contributed by atoms with van der Waals surface area (Å²) in [5, 5.41) is 0.593. The summed E-state index contributed by atoms with van der Waals surface area (Å²) < 4.78 is 5.13. The maximum Gasteiger partial charge on any atom is 0.179 e.